The Labute approximate surface area is 170 Å². The maximum atomic E-state index is 13.2. The van der Waals surface area contributed by atoms with E-state index in [-0.39, 0.29) is 41.1 Å². The molecule has 0 aromatic heterocycles. The molecule has 3 fully saturated rings. The van der Waals surface area contributed by atoms with E-state index in [0.717, 1.165) is 50.8 Å². The van der Waals surface area contributed by atoms with Gasteiger partial charge in [0.2, 0.25) is 5.91 Å². The van der Waals surface area contributed by atoms with Crippen molar-refractivity contribution < 1.29 is 23.0 Å². The fraction of sp³-hybridized carbons (Fsp3) is 0.650. The van der Waals surface area contributed by atoms with Crippen molar-refractivity contribution in [3.05, 3.63) is 23.8 Å². The molecular formula is C20H27ClF2N2O3. The van der Waals surface area contributed by atoms with Gasteiger partial charge in [-0.15, -0.1) is 12.4 Å². The van der Waals surface area contributed by atoms with Gasteiger partial charge in [0, 0.05) is 18.5 Å². The van der Waals surface area contributed by atoms with Crippen LogP contribution in [-0.2, 0) is 11.3 Å². The zero-order chi connectivity index (χ0) is 19.0. The van der Waals surface area contributed by atoms with Crippen LogP contribution in [0, 0.1) is 11.3 Å². The standard InChI is InChI=1S/C20H26F2N2O3.ClH/c1-26-17-10-13(2-5-16(17)27-19(21)22)12-24(14-3-4-14)18(25)15-11-20(15)6-8-23-9-7-20;/h2,5,10,14-15,19,23H,3-4,6-9,11-12H2,1H3;1H. The summed E-state index contributed by atoms with van der Waals surface area (Å²) in [6.07, 6.45) is 5.24. The first-order valence-corrected chi connectivity index (χ1v) is 9.65. The summed E-state index contributed by atoms with van der Waals surface area (Å²) in [5, 5.41) is 3.37. The smallest absolute Gasteiger partial charge is 0.387 e. The van der Waals surface area contributed by atoms with Gasteiger partial charge in [-0.2, -0.15) is 8.78 Å². The lowest BCUT2D eigenvalue weighted by atomic mass is 9.91. The molecule has 5 nitrogen and oxygen atoms in total. The number of rotatable bonds is 7. The molecule has 1 aromatic rings. The molecule has 1 aliphatic heterocycles. The van der Waals surface area contributed by atoms with Crippen molar-refractivity contribution in [3.63, 3.8) is 0 Å². The second-order valence-electron chi connectivity index (χ2n) is 7.93. The highest BCUT2D eigenvalue weighted by molar-refractivity contribution is 5.85. The second kappa shape index (κ2) is 8.41. The van der Waals surface area contributed by atoms with Gasteiger partial charge in [0.15, 0.2) is 11.5 Å². The van der Waals surface area contributed by atoms with E-state index in [1.165, 1.54) is 13.2 Å². The van der Waals surface area contributed by atoms with Gasteiger partial charge in [-0.05, 0) is 68.3 Å². The van der Waals surface area contributed by atoms with Crippen LogP contribution < -0.4 is 14.8 Å². The van der Waals surface area contributed by atoms with Crippen molar-refractivity contribution in [3.8, 4) is 11.5 Å². The molecule has 1 N–H and O–H groups in total. The zero-order valence-electron chi connectivity index (χ0n) is 16.0. The number of benzene rings is 1. The number of alkyl halides is 2. The molecular weight excluding hydrogens is 390 g/mol. The Bertz CT molecular complexity index is 709. The van der Waals surface area contributed by atoms with E-state index in [1.54, 1.807) is 12.1 Å². The van der Waals surface area contributed by atoms with Gasteiger partial charge in [-0.1, -0.05) is 6.07 Å². The molecule has 2 saturated carbocycles. The summed E-state index contributed by atoms with van der Waals surface area (Å²) >= 11 is 0. The average Bonchev–Trinajstić information content (AvgIpc) is 3.57. The minimum absolute atomic E-state index is 0. The van der Waals surface area contributed by atoms with Gasteiger partial charge in [0.25, 0.3) is 0 Å². The summed E-state index contributed by atoms with van der Waals surface area (Å²) in [6.45, 7) is -0.420. The summed E-state index contributed by atoms with van der Waals surface area (Å²) in [5.41, 5.74) is 1.08. The third-order valence-electron chi connectivity index (χ3n) is 6.15. The molecule has 0 radical (unpaired) electrons. The van der Waals surface area contributed by atoms with E-state index in [9.17, 15) is 13.6 Å². The van der Waals surface area contributed by atoms with Crippen molar-refractivity contribution in [1.82, 2.24) is 10.2 Å². The lowest BCUT2D eigenvalue weighted by Gasteiger charge is -2.27. The molecule has 8 heteroatoms. The number of amides is 1. The number of hydrogen-bond acceptors (Lipinski definition) is 4. The Kier molecular flexibility index (Phi) is 6.34. The predicted octanol–water partition coefficient (Wildman–Crippen LogP) is 3.60. The predicted molar refractivity (Wildman–Crippen MR) is 103 cm³/mol. The number of methoxy groups -OCH3 is 1. The van der Waals surface area contributed by atoms with Gasteiger partial charge in [-0.25, -0.2) is 0 Å². The highest BCUT2D eigenvalue weighted by atomic mass is 35.5. The fourth-order valence-electron chi connectivity index (χ4n) is 4.35. The maximum absolute atomic E-state index is 13.2. The molecule has 3 aliphatic rings. The second-order valence-corrected chi connectivity index (χ2v) is 7.93. The van der Waals surface area contributed by atoms with Crippen molar-refractivity contribution in [1.29, 1.82) is 0 Å². The van der Waals surface area contributed by atoms with E-state index in [2.05, 4.69) is 10.1 Å². The molecule has 28 heavy (non-hydrogen) atoms. The van der Waals surface area contributed by atoms with Crippen molar-refractivity contribution >= 4 is 18.3 Å². The van der Waals surface area contributed by atoms with Gasteiger partial charge >= 0.3 is 6.61 Å². The van der Waals surface area contributed by atoms with Crippen molar-refractivity contribution in [2.45, 2.75) is 51.3 Å². The van der Waals surface area contributed by atoms with Gasteiger partial charge < -0.3 is 19.7 Å². The molecule has 1 aromatic carbocycles. The van der Waals surface area contributed by atoms with E-state index < -0.39 is 6.61 Å². The van der Waals surface area contributed by atoms with Crippen LogP contribution in [0.4, 0.5) is 8.78 Å². The molecule has 1 unspecified atom stereocenters. The molecule has 0 bridgehead atoms. The lowest BCUT2D eigenvalue weighted by Crippen LogP contribution is -2.37. The average molecular weight is 417 g/mol. The molecule has 1 atom stereocenters. The Hall–Kier alpha value is -1.60. The molecule has 2 aliphatic carbocycles. The van der Waals surface area contributed by atoms with Crippen molar-refractivity contribution in [2.75, 3.05) is 20.2 Å². The number of carbonyl (C=O) groups excluding carboxylic acids is 1. The van der Waals surface area contributed by atoms with Crippen LogP contribution >= 0.6 is 12.4 Å². The first-order valence-electron chi connectivity index (χ1n) is 9.65. The van der Waals surface area contributed by atoms with Crippen LogP contribution in [0.5, 0.6) is 11.5 Å². The number of hydrogen-bond donors (Lipinski definition) is 1. The van der Waals surface area contributed by atoms with Gasteiger partial charge in [0.1, 0.15) is 0 Å². The summed E-state index contributed by atoms with van der Waals surface area (Å²) in [6, 6.07) is 5.21. The normalized spacial score (nSPS) is 22.5. The summed E-state index contributed by atoms with van der Waals surface area (Å²) in [5.74, 6) is 0.670. The Morgan fingerprint density at radius 2 is 2.00 bits per heavy atom. The molecule has 1 amide bonds. The monoisotopic (exact) mass is 416 g/mol. The summed E-state index contributed by atoms with van der Waals surface area (Å²) < 4.78 is 34.7. The summed E-state index contributed by atoms with van der Waals surface area (Å²) in [7, 11) is 1.42. The third-order valence-corrected chi connectivity index (χ3v) is 6.15. The van der Waals surface area contributed by atoms with Crippen LogP contribution in [0.1, 0.15) is 37.7 Å². The first kappa shape index (κ1) is 21.1. The van der Waals surface area contributed by atoms with Gasteiger partial charge in [0.05, 0.1) is 7.11 Å². The van der Waals surface area contributed by atoms with Crippen molar-refractivity contribution in [2.24, 2.45) is 11.3 Å². The number of halogens is 3. The maximum Gasteiger partial charge on any atom is 0.387 e. The highest BCUT2D eigenvalue weighted by Crippen LogP contribution is 2.59. The van der Waals surface area contributed by atoms with Crippen LogP contribution in [0.25, 0.3) is 0 Å². The number of piperidine rings is 1. The zero-order valence-corrected chi connectivity index (χ0v) is 16.8. The molecule has 4 rings (SSSR count). The van der Waals surface area contributed by atoms with Crippen LogP contribution in [0.15, 0.2) is 18.2 Å². The number of ether oxygens (including phenoxy) is 2. The minimum Gasteiger partial charge on any atom is -0.493 e. The Balaban J connectivity index is 0.00000225. The highest BCUT2D eigenvalue weighted by Gasteiger charge is 2.59. The fourth-order valence-corrected chi connectivity index (χ4v) is 4.35. The van der Waals surface area contributed by atoms with Crippen LogP contribution in [0.2, 0.25) is 0 Å². The summed E-state index contributed by atoms with van der Waals surface area (Å²) in [4.78, 5) is 15.2. The van der Waals surface area contributed by atoms with E-state index >= 15 is 0 Å². The molecule has 1 spiro atoms. The third kappa shape index (κ3) is 4.35. The minimum atomic E-state index is -2.90. The van der Waals surface area contributed by atoms with E-state index in [4.69, 9.17) is 4.74 Å². The molecule has 156 valence electrons. The number of nitrogens with one attached hydrogen (secondary N) is 1. The quantitative estimate of drug-likeness (QED) is 0.738. The molecule has 1 saturated heterocycles. The lowest BCUT2D eigenvalue weighted by molar-refractivity contribution is -0.134. The Morgan fingerprint density at radius 1 is 1.29 bits per heavy atom. The SMILES string of the molecule is COc1cc(CN(C(=O)C2CC23CCNCC3)C2CC2)ccc1OC(F)F.Cl. The number of carbonyl (C=O) groups is 1. The largest absolute Gasteiger partial charge is 0.493 e. The molecule has 1 heterocycles. The first-order chi connectivity index (χ1) is 13.0. The van der Waals surface area contributed by atoms with E-state index in [1.807, 2.05) is 4.90 Å². The van der Waals surface area contributed by atoms with Crippen LogP contribution in [-0.4, -0.2) is 43.7 Å². The number of nitrogens with zero attached hydrogens (tertiary/aromatic N) is 1. The van der Waals surface area contributed by atoms with Gasteiger partial charge in [-0.3, -0.25) is 4.79 Å². The topological polar surface area (TPSA) is 50.8 Å². The van der Waals surface area contributed by atoms with E-state index in [0.29, 0.717) is 12.6 Å². The van der Waals surface area contributed by atoms with Crippen LogP contribution in [0.3, 0.4) is 0 Å². The Morgan fingerprint density at radius 3 is 2.61 bits per heavy atom.